The summed E-state index contributed by atoms with van der Waals surface area (Å²) in [5.41, 5.74) is 1.61. The van der Waals surface area contributed by atoms with E-state index in [4.69, 9.17) is 0 Å². The van der Waals surface area contributed by atoms with Crippen molar-refractivity contribution in [3.05, 3.63) is 24.0 Å². The van der Waals surface area contributed by atoms with Crippen molar-refractivity contribution in [2.75, 3.05) is 11.9 Å². The molecule has 1 heterocycles. The van der Waals surface area contributed by atoms with Crippen molar-refractivity contribution in [3.8, 4) is 0 Å². The van der Waals surface area contributed by atoms with Gasteiger partial charge in [-0.2, -0.15) is 0 Å². The summed E-state index contributed by atoms with van der Waals surface area (Å²) in [7, 11) is 0. The molecule has 1 aliphatic carbocycles. The number of nitrogens with one attached hydrogen (secondary N) is 2. The number of amides is 1. The first kappa shape index (κ1) is 15.8. The summed E-state index contributed by atoms with van der Waals surface area (Å²) in [5, 5.41) is 6.47. The lowest BCUT2D eigenvalue weighted by Crippen LogP contribution is -2.25. The van der Waals surface area contributed by atoms with Gasteiger partial charge in [-0.25, -0.2) is 0 Å². The topological polar surface area (TPSA) is 54.0 Å². The first-order valence-corrected chi connectivity index (χ1v) is 8.29. The third kappa shape index (κ3) is 5.37. The minimum atomic E-state index is -0.0223. The summed E-state index contributed by atoms with van der Waals surface area (Å²) in [4.78, 5) is 16.3. The van der Waals surface area contributed by atoms with Crippen LogP contribution in [-0.2, 0) is 0 Å². The summed E-state index contributed by atoms with van der Waals surface area (Å²) in [6, 6.07) is 2.44. The number of hydrogen-bond acceptors (Lipinski definition) is 3. The fourth-order valence-corrected chi connectivity index (χ4v) is 2.80. The second-order valence-corrected chi connectivity index (χ2v) is 5.90. The van der Waals surface area contributed by atoms with Crippen LogP contribution in [0.5, 0.6) is 0 Å². The van der Waals surface area contributed by atoms with Gasteiger partial charge in [-0.1, -0.05) is 39.0 Å². The Morgan fingerprint density at radius 1 is 1.24 bits per heavy atom. The smallest absolute Gasteiger partial charge is 0.252 e. The van der Waals surface area contributed by atoms with Crippen LogP contribution in [0.15, 0.2) is 18.5 Å². The molecule has 21 heavy (non-hydrogen) atoms. The van der Waals surface area contributed by atoms with Gasteiger partial charge >= 0.3 is 0 Å². The number of pyridine rings is 1. The SMILES string of the molecule is CCCCCNC(=O)c1cncc(NC2CCCCC2)c1. The van der Waals surface area contributed by atoms with E-state index in [0.29, 0.717) is 11.6 Å². The molecule has 0 aliphatic heterocycles. The summed E-state index contributed by atoms with van der Waals surface area (Å²) < 4.78 is 0. The molecule has 1 fully saturated rings. The number of aromatic nitrogens is 1. The zero-order valence-corrected chi connectivity index (χ0v) is 13.0. The molecule has 0 spiro atoms. The van der Waals surface area contributed by atoms with Crippen LogP contribution in [0.2, 0.25) is 0 Å². The molecule has 1 aliphatic rings. The molecule has 4 nitrogen and oxygen atoms in total. The molecule has 4 heteroatoms. The molecule has 0 aromatic carbocycles. The summed E-state index contributed by atoms with van der Waals surface area (Å²) in [5.74, 6) is -0.0223. The molecule has 0 saturated heterocycles. The maximum Gasteiger partial charge on any atom is 0.252 e. The van der Waals surface area contributed by atoms with Crippen molar-refractivity contribution in [2.45, 2.75) is 64.3 Å². The van der Waals surface area contributed by atoms with Gasteiger partial charge in [-0.15, -0.1) is 0 Å². The van der Waals surface area contributed by atoms with Crippen LogP contribution >= 0.6 is 0 Å². The van der Waals surface area contributed by atoms with Gasteiger partial charge in [0.15, 0.2) is 0 Å². The molecule has 2 rings (SSSR count). The van der Waals surface area contributed by atoms with E-state index in [0.717, 1.165) is 31.5 Å². The minimum Gasteiger partial charge on any atom is -0.381 e. The van der Waals surface area contributed by atoms with Gasteiger partial charge in [0, 0.05) is 25.0 Å². The lowest BCUT2D eigenvalue weighted by Gasteiger charge is -2.23. The average Bonchev–Trinajstić information content (AvgIpc) is 2.53. The standard InChI is InChI=1S/C17H27N3O/c1-2-3-7-10-19-17(21)14-11-16(13-18-12-14)20-15-8-5-4-6-9-15/h11-13,15,20H,2-10H2,1H3,(H,19,21). The molecular weight excluding hydrogens is 262 g/mol. The fraction of sp³-hybridized carbons (Fsp3) is 0.647. The van der Waals surface area contributed by atoms with Crippen LogP contribution in [0, 0.1) is 0 Å². The number of anilines is 1. The molecule has 1 amide bonds. The number of carbonyl (C=O) groups excluding carboxylic acids is 1. The van der Waals surface area contributed by atoms with E-state index >= 15 is 0 Å². The largest absolute Gasteiger partial charge is 0.381 e. The molecule has 1 saturated carbocycles. The van der Waals surface area contributed by atoms with E-state index < -0.39 is 0 Å². The minimum absolute atomic E-state index is 0.0223. The van der Waals surface area contributed by atoms with Gasteiger partial charge in [0.2, 0.25) is 0 Å². The van der Waals surface area contributed by atoms with Crippen LogP contribution in [0.3, 0.4) is 0 Å². The molecule has 0 radical (unpaired) electrons. The number of unbranched alkanes of at least 4 members (excludes halogenated alkanes) is 2. The maximum absolute atomic E-state index is 12.1. The van der Waals surface area contributed by atoms with Gasteiger partial charge in [0.1, 0.15) is 0 Å². The molecule has 0 atom stereocenters. The van der Waals surface area contributed by atoms with Crippen molar-refractivity contribution in [3.63, 3.8) is 0 Å². The Bertz CT molecular complexity index is 441. The van der Waals surface area contributed by atoms with Gasteiger partial charge in [0.25, 0.3) is 5.91 Å². The Balaban J connectivity index is 1.85. The van der Waals surface area contributed by atoms with Crippen LogP contribution < -0.4 is 10.6 Å². The van der Waals surface area contributed by atoms with Crippen LogP contribution in [0.4, 0.5) is 5.69 Å². The quantitative estimate of drug-likeness (QED) is 0.752. The van der Waals surface area contributed by atoms with E-state index in [2.05, 4.69) is 22.5 Å². The van der Waals surface area contributed by atoms with Crippen LogP contribution in [-0.4, -0.2) is 23.5 Å². The Kier molecular flexibility index (Phi) is 6.51. The molecule has 0 unspecified atom stereocenters. The second kappa shape index (κ2) is 8.65. The van der Waals surface area contributed by atoms with E-state index in [1.807, 2.05) is 12.3 Å². The van der Waals surface area contributed by atoms with E-state index in [9.17, 15) is 4.79 Å². The second-order valence-electron chi connectivity index (χ2n) is 5.90. The Labute approximate surface area is 127 Å². The summed E-state index contributed by atoms with van der Waals surface area (Å²) in [6.45, 7) is 2.90. The highest BCUT2D eigenvalue weighted by molar-refractivity contribution is 5.94. The molecule has 0 bridgehead atoms. The lowest BCUT2D eigenvalue weighted by molar-refractivity contribution is 0.0952. The number of hydrogen-bond donors (Lipinski definition) is 2. The average molecular weight is 289 g/mol. The Morgan fingerprint density at radius 3 is 2.81 bits per heavy atom. The van der Waals surface area contributed by atoms with Crippen molar-refractivity contribution >= 4 is 11.6 Å². The molecule has 1 aromatic rings. The zero-order chi connectivity index (χ0) is 14.9. The highest BCUT2D eigenvalue weighted by Gasteiger charge is 2.14. The van der Waals surface area contributed by atoms with Gasteiger partial charge in [-0.05, 0) is 25.3 Å². The number of rotatable bonds is 7. The van der Waals surface area contributed by atoms with Gasteiger partial charge in [-0.3, -0.25) is 9.78 Å². The monoisotopic (exact) mass is 289 g/mol. The third-order valence-electron chi connectivity index (χ3n) is 4.04. The predicted octanol–water partition coefficient (Wildman–Crippen LogP) is 3.75. The van der Waals surface area contributed by atoms with Crippen molar-refractivity contribution in [1.82, 2.24) is 10.3 Å². The number of carbonyl (C=O) groups is 1. The normalized spacial score (nSPS) is 15.7. The van der Waals surface area contributed by atoms with Crippen molar-refractivity contribution < 1.29 is 4.79 Å². The molecular formula is C17H27N3O. The number of nitrogens with zero attached hydrogens (tertiary/aromatic N) is 1. The van der Waals surface area contributed by atoms with Crippen molar-refractivity contribution in [2.24, 2.45) is 0 Å². The maximum atomic E-state index is 12.1. The van der Waals surface area contributed by atoms with Gasteiger partial charge < -0.3 is 10.6 Å². The van der Waals surface area contributed by atoms with Crippen LogP contribution in [0.25, 0.3) is 0 Å². The Morgan fingerprint density at radius 2 is 2.05 bits per heavy atom. The summed E-state index contributed by atoms with van der Waals surface area (Å²) >= 11 is 0. The zero-order valence-electron chi connectivity index (χ0n) is 13.0. The fourth-order valence-electron chi connectivity index (χ4n) is 2.80. The molecule has 2 N–H and O–H groups in total. The molecule has 1 aromatic heterocycles. The third-order valence-corrected chi connectivity index (χ3v) is 4.04. The van der Waals surface area contributed by atoms with E-state index in [1.165, 1.54) is 32.1 Å². The first-order chi connectivity index (χ1) is 10.3. The van der Waals surface area contributed by atoms with E-state index in [-0.39, 0.29) is 5.91 Å². The lowest BCUT2D eigenvalue weighted by atomic mass is 9.95. The van der Waals surface area contributed by atoms with Crippen molar-refractivity contribution in [1.29, 1.82) is 0 Å². The van der Waals surface area contributed by atoms with Gasteiger partial charge in [0.05, 0.1) is 11.3 Å². The Hall–Kier alpha value is -1.58. The van der Waals surface area contributed by atoms with E-state index in [1.54, 1.807) is 6.20 Å². The highest BCUT2D eigenvalue weighted by atomic mass is 16.1. The molecule has 116 valence electrons. The predicted molar refractivity (Wildman–Crippen MR) is 86.6 cm³/mol. The first-order valence-electron chi connectivity index (χ1n) is 8.29. The van der Waals surface area contributed by atoms with Crippen LogP contribution in [0.1, 0.15) is 68.6 Å². The summed E-state index contributed by atoms with van der Waals surface area (Å²) in [6.07, 6.45) is 13.2. The highest BCUT2D eigenvalue weighted by Crippen LogP contribution is 2.21.